The van der Waals surface area contributed by atoms with Gasteiger partial charge in [0.25, 0.3) is 0 Å². The first-order valence-electron chi connectivity index (χ1n) is 9.86. The molecule has 148 valence electrons. The van der Waals surface area contributed by atoms with Gasteiger partial charge in [-0.1, -0.05) is 31.2 Å². The van der Waals surface area contributed by atoms with Gasteiger partial charge in [0, 0.05) is 23.5 Å². The summed E-state index contributed by atoms with van der Waals surface area (Å²) < 4.78 is 13.3. The summed E-state index contributed by atoms with van der Waals surface area (Å²) in [6.45, 7) is 3.47. The number of benzene rings is 2. The van der Waals surface area contributed by atoms with Gasteiger partial charge in [0.05, 0.1) is 24.8 Å². The summed E-state index contributed by atoms with van der Waals surface area (Å²) in [6, 6.07) is 15.5. The maximum absolute atomic E-state index is 12.8. The lowest BCUT2D eigenvalue weighted by Gasteiger charge is -2.19. The summed E-state index contributed by atoms with van der Waals surface area (Å²) in [5, 5.41) is 13.3. The van der Waals surface area contributed by atoms with Gasteiger partial charge in [-0.15, -0.1) is 0 Å². The van der Waals surface area contributed by atoms with E-state index in [4.69, 9.17) is 9.47 Å². The van der Waals surface area contributed by atoms with Gasteiger partial charge in [0.2, 0.25) is 5.91 Å². The Morgan fingerprint density at radius 3 is 2.79 bits per heavy atom. The predicted octanol–water partition coefficient (Wildman–Crippen LogP) is 3.94. The summed E-state index contributed by atoms with van der Waals surface area (Å²) in [5.41, 5.74) is 2.44. The molecular formula is C23H23N3O3. The zero-order valence-electron chi connectivity index (χ0n) is 16.4. The van der Waals surface area contributed by atoms with Gasteiger partial charge in [-0.3, -0.25) is 4.79 Å². The number of aromatic nitrogens is 1. The highest BCUT2D eigenvalue weighted by Crippen LogP contribution is 2.33. The maximum Gasteiger partial charge on any atom is 0.240 e. The Kier molecular flexibility index (Phi) is 5.39. The second kappa shape index (κ2) is 8.27. The van der Waals surface area contributed by atoms with E-state index >= 15 is 0 Å². The molecule has 1 unspecified atom stereocenters. The number of ether oxygens (including phenoxy) is 2. The fraction of sp³-hybridized carbons (Fsp3) is 0.304. The number of hydrogen-bond donors (Lipinski definition) is 1. The standard InChI is InChI=1S/C23H23N3O3/c1-2-19(16-8-9-21-22(12-16)29-11-5-10-28-21)25-23(27)15-26-14-17(13-24)18-6-3-4-7-20(18)26/h3-4,6-9,12,14,19H,2,5,10-11,15H2,1H3,(H,25,27). The molecule has 0 saturated heterocycles. The van der Waals surface area contributed by atoms with Crippen LogP contribution in [-0.2, 0) is 11.3 Å². The van der Waals surface area contributed by atoms with E-state index < -0.39 is 0 Å². The van der Waals surface area contributed by atoms with E-state index in [0.717, 1.165) is 40.8 Å². The molecule has 0 spiro atoms. The Morgan fingerprint density at radius 2 is 2.00 bits per heavy atom. The number of nitriles is 1. The molecule has 0 fully saturated rings. The molecule has 4 rings (SSSR count). The number of nitrogens with one attached hydrogen (secondary N) is 1. The van der Waals surface area contributed by atoms with E-state index in [2.05, 4.69) is 11.4 Å². The van der Waals surface area contributed by atoms with Crippen molar-refractivity contribution in [2.45, 2.75) is 32.4 Å². The Bertz CT molecular complexity index is 1080. The molecule has 1 aliphatic rings. The average molecular weight is 389 g/mol. The lowest BCUT2D eigenvalue weighted by atomic mass is 10.0. The summed E-state index contributed by atoms with van der Waals surface area (Å²) in [6.07, 6.45) is 3.34. The van der Waals surface area contributed by atoms with Crippen molar-refractivity contribution >= 4 is 16.8 Å². The van der Waals surface area contributed by atoms with Crippen LogP contribution in [0.15, 0.2) is 48.7 Å². The Hall–Kier alpha value is -3.46. The molecule has 1 atom stereocenters. The highest BCUT2D eigenvalue weighted by Gasteiger charge is 2.18. The first-order chi connectivity index (χ1) is 14.2. The minimum atomic E-state index is -0.128. The highest BCUT2D eigenvalue weighted by atomic mass is 16.5. The number of para-hydroxylation sites is 1. The summed E-state index contributed by atoms with van der Waals surface area (Å²) >= 11 is 0. The molecule has 0 saturated carbocycles. The van der Waals surface area contributed by atoms with Gasteiger partial charge in [-0.2, -0.15) is 5.26 Å². The lowest BCUT2D eigenvalue weighted by Crippen LogP contribution is -2.31. The predicted molar refractivity (Wildman–Crippen MR) is 110 cm³/mol. The van der Waals surface area contributed by atoms with E-state index in [-0.39, 0.29) is 18.5 Å². The molecule has 29 heavy (non-hydrogen) atoms. The molecule has 1 aliphatic heterocycles. The van der Waals surface area contributed by atoms with Crippen LogP contribution in [0.4, 0.5) is 0 Å². The smallest absolute Gasteiger partial charge is 0.240 e. The van der Waals surface area contributed by atoms with E-state index in [9.17, 15) is 10.1 Å². The summed E-state index contributed by atoms with van der Waals surface area (Å²) in [7, 11) is 0. The third-order valence-electron chi connectivity index (χ3n) is 5.14. The molecule has 6 nitrogen and oxygen atoms in total. The highest BCUT2D eigenvalue weighted by molar-refractivity contribution is 5.88. The first kappa shape index (κ1) is 18.9. The molecule has 0 radical (unpaired) electrons. The molecule has 3 aromatic rings. The van der Waals surface area contributed by atoms with Crippen LogP contribution in [0.5, 0.6) is 11.5 Å². The van der Waals surface area contributed by atoms with E-state index in [1.807, 2.05) is 54.0 Å². The minimum Gasteiger partial charge on any atom is -0.490 e. The number of carbonyl (C=O) groups excluding carboxylic acids is 1. The number of amides is 1. The van der Waals surface area contributed by atoms with Crippen molar-refractivity contribution in [1.82, 2.24) is 9.88 Å². The zero-order chi connectivity index (χ0) is 20.2. The third kappa shape index (κ3) is 3.90. The largest absolute Gasteiger partial charge is 0.490 e. The molecule has 1 amide bonds. The number of rotatable bonds is 5. The lowest BCUT2D eigenvalue weighted by molar-refractivity contribution is -0.122. The van der Waals surface area contributed by atoms with Crippen LogP contribution in [-0.4, -0.2) is 23.7 Å². The van der Waals surface area contributed by atoms with Gasteiger partial charge in [0.15, 0.2) is 11.5 Å². The molecular weight excluding hydrogens is 366 g/mol. The Morgan fingerprint density at radius 1 is 1.21 bits per heavy atom. The van der Waals surface area contributed by atoms with E-state index in [0.29, 0.717) is 18.8 Å². The van der Waals surface area contributed by atoms with Crippen LogP contribution in [0.3, 0.4) is 0 Å². The van der Waals surface area contributed by atoms with Crippen molar-refractivity contribution in [3.8, 4) is 17.6 Å². The molecule has 2 heterocycles. The minimum absolute atomic E-state index is 0.103. The van der Waals surface area contributed by atoms with Crippen molar-refractivity contribution < 1.29 is 14.3 Å². The van der Waals surface area contributed by atoms with Gasteiger partial charge >= 0.3 is 0 Å². The molecule has 6 heteroatoms. The zero-order valence-corrected chi connectivity index (χ0v) is 16.4. The van der Waals surface area contributed by atoms with Crippen molar-refractivity contribution in [1.29, 1.82) is 5.26 Å². The molecule has 1 aromatic heterocycles. The molecule has 2 aromatic carbocycles. The fourth-order valence-electron chi connectivity index (χ4n) is 3.68. The van der Waals surface area contributed by atoms with Crippen LogP contribution < -0.4 is 14.8 Å². The monoisotopic (exact) mass is 389 g/mol. The maximum atomic E-state index is 12.8. The number of hydrogen-bond acceptors (Lipinski definition) is 4. The van der Waals surface area contributed by atoms with Gasteiger partial charge < -0.3 is 19.4 Å². The third-order valence-corrected chi connectivity index (χ3v) is 5.14. The van der Waals surface area contributed by atoms with E-state index in [1.54, 1.807) is 6.20 Å². The van der Waals surface area contributed by atoms with E-state index in [1.165, 1.54) is 0 Å². The SMILES string of the molecule is CCC(NC(=O)Cn1cc(C#N)c2ccccc21)c1ccc2c(c1)OCCCO2. The summed E-state index contributed by atoms with van der Waals surface area (Å²) in [4.78, 5) is 12.8. The Labute approximate surface area is 169 Å². The van der Waals surface area contributed by atoms with Crippen LogP contribution in [0.2, 0.25) is 0 Å². The van der Waals surface area contributed by atoms with Crippen LogP contribution in [0.1, 0.15) is 36.9 Å². The average Bonchev–Trinajstić information content (AvgIpc) is 2.93. The van der Waals surface area contributed by atoms with Crippen molar-refractivity contribution in [3.05, 3.63) is 59.8 Å². The fourth-order valence-corrected chi connectivity index (χ4v) is 3.68. The second-order valence-corrected chi connectivity index (χ2v) is 7.08. The van der Waals surface area contributed by atoms with Crippen molar-refractivity contribution in [2.24, 2.45) is 0 Å². The van der Waals surface area contributed by atoms with Crippen molar-refractivity contribution in [3.63, 3.8) is 0 Å². The Balaban J connectivity index is 1.52. The first-order valence-corrected chi connectivity index (χ1v) is 9.86. The molecule has 0 aliphatic carbocycles. The number of nitrogens with zero attached hydrogens (tertiary/aromatic N) is 2. The normalized spacial score (nSPS) is 14.1. The van der Waals surface area contributed by atoms with Crippen LogP contribution in [0, 0.1) is 11.3 Å². The van der Waals surface area contributed by atoms with Gasteiger partial charge in [-0.05, 0) is 30.2 Å². The quantitative estimate of drug-likeness (QED) is 0.717. The van der Waals surface area contributed by atoms with Gasteiger partial charge in [-0.25, -0.2) is 0 Å². The molecule has 0 bridgehead atoms. The number of fused-ring (bicyclic) bond motifs is 2. The van der Waals surface area contributed by atoms with Crippen molar-refractivity contribution in [2.75, 3.05) is 13.2 Å². The van der Waals surface area contributed by atoms with Gasteiger partial charge in [0.1, 0.15) is 12.6 Å². The van der Waals surface area contributed by atoms with Crippen LogP contribution >= 0.6 is 0 Å². The second-order valence-electron chi connectivity index (χ2n) is 7.08. The number of carbonyl (C=O) groups is 1. The summed E-state index contributed by atoms with van der Waals surface area (Å²) in [5.74, 6) is 1.37. The topological polar surface area (TPSA) is 76.3 Å². The van der Waals surface area contributed by atoms with Crippen LogP contribution in [0.25, 0.3) is 10.9 Å². The molecule has 1 N–H and O–H groups in total.